The minimum atomic E-state index is -4.51. The van der Waals surface area contributed by atoms with Gasteiger partial charge in [-0.25, -0.2) is 17.6 Å². The SMILES string of the molecule is CCCC1CCC(c2ccc(-c3cc(F)c(C(F)(F)Oc4cc(F)c(C)c(F)c4C)c(F)c3)cc2)CC1. The average molecular weight is 521 g/mol. The normalized spacial score (nSPS) is 18.2. The lowest BCUT2D eigenvalue weighted by molar-refractivity contribution is -0.190. The van der Waals surface area contributed by atoms with Crippen LogP contribution in [0.4, 0.5) is 26.3 Å². The fourth-order valence-electron chi connectivity index (χ4n) is 5.28. The molecule has 4 rings (SSSR count). The lowest BCUT2D eigenvalue weighted by Gasteiger charge is -2.28. The van der Waals surface area contributed by atoms with Crippen molar-refractivity contribution in [3.05, 3.63) is 88.0 Å². The fraction of sp³-hybridized carbons (Fsp3) is 0.400. The summed E-state index contributed by atoms with van der Waals surface area (Å²) in [5.74, 6) is -4.85. The van der Waals surface area contributed by atoms with E-state index in [-0.39, 0.29) is 11.1 Å². The molecule has 198 valence electrons. The van der Waals surface area contributed by atoms with Crippen LogP contribution in [0.1, 0.15) is 73.6 Å². The lowest BCUT2D eigenvalue weighted by atomic mass is 9.77. The summed E-state index contributed by atoms with van der Waals surface area (Å²) >= 11 is 0. The smallest absolute Gasteiger partial charge is 0.428 e. The Kier molecular flexibility index (Phi) is 7.91. The monoisotopic (exact) mass is 520 g/mol. The molecule has 1 aliphatic rings. The van der Waals surface area contributed by atoms with Gasteiger partial charge < -0.3 is 4.74 Å². The van der Waals surface area contributed by atoms with Gasteiger partial charge in [0.2, 0.25) is 0 Å². The minimum absolute atomic E-state index is 0.0939. The number of halogens is 6. The van der Waals surface area contributed by atoms with E-state index in [1.54, 1.807) is 12.1 Å². The minimum Gasteiger partial charge on any atom is -0.428 e. The molecule has 0 aliphatic heterocycles. The molecule has 7 heteroatoms. The molecule has 0 aromatic heterocycles. The standard InChI is InChI=1S/C30H30F6O/c1-4-5-19-6-8-20(9-7-19)21-10-12-22(13-11-21)23-14-25(32)28(26(33)15-23)30(35,36)37-27-16-24(31)17(2)29(34)18(27)3/h10-16,19-20H,4-9H2,1-3H3. The highest BCUT2D eigenvalue weighted by atomic mass is 19.3. The van der Waals surface area contributed by atoms with Gasteiger partial charge in [0.1, 0.15) is 34.6 Å². The Labute approximate surface area is 213 Å². The zero-order valence-corrected chi connectivity index (χ0v) is 21.1. The van der Waals surface area contributed by atoms with Crippen molar-refractivity contribution in [1.82, 2.24) is 0 Å². The molecule has 37 heavy (non-hydrogen) atoms. The summed E-state index contributed by atoms with van der Waals surface area (Å²) in [5, 5.41) is 0. The van der Waals surface area contributed by atoms with Crippen LogP contribution in [0.15, 0.2) is 42.5 Å². The Morgan fingerprint density at radius 2 is 1.38 bits per heavy atom. The highest BCUT2D eigenvalue weighted by Crippen LogP contribution is 2.40. The molecular formula is C30H30F6O. The van der Waals surface area contributed by atoms with Crippen LogP contribution < -0.4 is 4.74 Å². The number of alkyl halides is 2. The van der Waals surface area contributed by atoms with Crippen molar-refractivity contribution in [3.8, 4) is 16.9 Å². The van der Waals surface area contributed by atoms with E-state index in [2.05, 4.69) is 11.7 Å². The first-order valence-electron chi connectivity index (χ1n) is 12.6. The van der Waals surface area contributed by atoms with E-state index in [1.807, 2.05) is 12.1 Å². The van der Waals surface area contributed by atoms with Crippen LogP contribution in [-0.2, 0) is 6.11 Å². The molecule has 0 heterocycles. The largest absolute Gasteiger partial charge is 0.432 e. The van der Waals surface area contributed by atoms with E-state index in [4.69, 9.17) is 0 Å². The summed E-state index contributed by atoms with van der Waals surface area (Å²) in [6.07, 6.45) is 2.52. The maximum Gasteiger partial charge on any atom is 0.432 e. The van der Waals surface area contributed by atoms with Crippen LogP contribution >= 0.6 is 0 Å². The second-order valence-corrected chi connectivity index (χ2v) is 9.98. The molecule has 1 saturated carbocycles. The average Bonchev–Trinajstić information content (AvgIpc) is 2.86. The van der Waals surface area contributed by atoms with Crippen LogP contribution in [0.3, 0.4) is 0 Å². The van der Waals surface area contributed by atoms with Crippen LogP contribution in [-0.4, -0.2) is 0 Å². The molecule has 0 atom stereocenters. The third-order valence-corrected chi connectivity index (χ3v) is 7.47. The summed E-state index contributed by atoms with van der Waals surface area (Å²) in [4.78, 5) is 0. The molecule has 0 saturated heterocycles. The van der Waals surface area contributed by atoms with Gasteiger partial charge in [0, 0.05) is 17.2 Å². The van der Waals surface area contributed by atoms with Crippen molar-refractivity contribution in [1.29, 1.82) is 0 Å². The molecule has 0 unspecified atom stereocenters. The number of ether oxygens (including phenoxy) is 1. The van der Waals surface area contributed by atoms with Crippen molar-refractivity contribution in [2.75, 3.05) is 0 Å². The quantitative estimate of drug-likeness (QED) is 0.282. The number of hydrogen-bond donors (Lipinski definition) is 0. The first-order valence-corrected chi connectivity index (χ1v) is 12.6. The van der Waals surface area contributed by atoms with Crippen molar-refractivity contribution < 1.29 is 31.1 Å². The maximum absolute atomic E-state index is 14.8. The molecule has 1 fully saturated rings. The molecule has 3 aromatic carbocycles. The van der Waals surface area contributed by atoms with E-state index < -0.39 is 46.3 Å². The van der Waals surface area contributed by atoms with Crippen LogP contribution in [0.2, 0.25) is 0 Å². The van der Waals surface area contributed by atoms with Gasteiger partial charge in [-0.05, 0) is 80.2 Å². The van der Waals surface area contributed by atoms with Crippen molar-refractivity contribution in [2.45, 2.75) is 71.3 Å². The molecule has 0 N–H and O–H groups in total. The molecule has 1 aliphatic carbocycles. The first-order chi connectivity index (χ1) is 17.5. The zero-order valence-electron chi connectivity index (χ0n) is 21.1. The van der Waals surface area contributed by atoms with Crippen LogP contribution in [0.25, 0.3) is 11.1 Å². The summed E-state index contributed by atoms with van der Waals surface area (Å²) in [6.45, 7) is 4.45. The second kappa shape index (κ2) is 10.8. The van der Waals surface area contributed by atoms with Gasteiger partial charge in [0.05, 0.1) is 0 Å². The Hall–Kier alpha value is -2.96. The first kappa shape index (κ1) is 27.1. The van der Waals surface area contributed by atoms with E-state index in [1.165, 1.54) is 25.7 Å². The number of hydrogen-bond acceptors (Lipinski definition) is 1. The lowest BCUT2D eigenvalue weighted by Crippen LogP contribution is -2.26. The van der Waals surface area contributed by atoms with Crippen molar-refractivity contribution in [2.24, 2.45) is 5.92 Å². The second-order valence-electron chi connectivity index (χ2n) is 9.98. The van der Waals surface area contributed by atoms with Gasteiger partial charge >= 0.3 is 6.11 Å². The topological polar surface area (TPSA) is 9.23 Å². The van der Waals surface area contributed by atoms with Crippen LogP contribution in [0.5, 0.6) is 5.75 Å². The third-order valence-electron chi connectivity index (χ3n) is 7.47. The molecule has 0 amide bonds. The van der Waals surface area contributed by atoms with Crippen LogP contribution in [0, 0.1) is 43.0 Å². The molecular weight excluding hydrogens is 490 g/mol. The van der Waals surface area contributed by atoms with Crippen molar-refractivity contribution >= 4 is 0 Å². The molecule has 0 bridgehead atoms. The summed E-state index contributed by atoms with van der Waals surface area (Å²) in [6, 6.07) is 9.50. The van der Waals surface area contributed by atoms with E-state index in [0.717, 1.165) is 50.3 Å². The Bertz CT molecular complexity index is 1240. The van der Waals surface area contributed by atoms with Gasteiger partial charge in [-0.3, -0.25) is 0 Å². The summed E-state index contributed by atoms with van der Waals surface area (Å²) < 4.78 is 91.8. The summed E-state index contributed by atoms with van der Waals surface area (Å²) in [7, 11) is 0. The molecule has 3 aromatic rings. The van der Waals surface area contributed by atoms with E-state index >= 15 is 0 Å². The Morgan fingerprint density at radius 1 is 0.784 bits per heavy atom. The highest BCUT2D eigenvalue weighted by molar-refractivity contribution is 5.64. The van der Waals surface area contributed by atoms with Gasteiger partial charge in [-0.2, -0.15) is 8.78 Å². The molecule has 0 radical (unpaired) electrons. The Balaban J connectivity index is 1.55. The Morgan fingerprint density at radius 3 is 1.95 bits per heavy atom. The highest BCUT2D eigenvalue weighted by Gasteiger charge is 2.42. The third kappa shape index (κ3) is 5.65. The maximum atomic E-state index is 14.8. The predicted molar refractivity (Wildman–Crippen MR) is 132 cm³/mol. The van der Waals surface area contributed by atoms with Gasteiger partial charge in [0.15, 0.2) is 0 Å². The number of rotatable bonds is 7. The van der Waals surface area contributed by atoms with E-state index in [0.29, 0.717) is 17.5 Å². The summed E-state index contributed by atoms with van der Waals surface area (Å²) in [5.41, 5.74) is -0.659. The van der Waals surface area contributed by atoms with Gasteiger partial charge in [-0.1, -0.05) is 44.0 Å². The molecule has 0 spiro atoms. The molecule has 1 nitrogen and oxygen atoms in total. The van der Waals surface area contributed by atoms with Crippen molar-refractivity contribution in [3.63, 3.8) is 0 Å². The predicted octanol–water partition coefficient (Wildman–Crippen LogP) is 9.73. The van der Waals surface area contributed by atoms with E-state index in [9.17, 15) is 26.3 Å². The van der Waals surface area contributed by atoms with Gasteiger partial charge in [-0.15, -0.1) is 0 Å². The zero-order chi connectivity index (χ0) is 26.9. The fourth-order valence-corrected chi connectivity index (χ4v) is 5.28. The number of benzene rings is 3. The van der Waals surface area contributed by atoms with Gasteiger partial charge in [0.25, 0.3) is 0 Å².